The van der Waals surface area contributed by atoms with E-state index in [1.54, 1.807) is 0 Å². The molecule has 1 atom stereocenters. The SMILES string of the molecule is CC1(CN)CCCN1C(=O)CCCC1CCCC1. The van der Waals surface area contributed by atoms with Crippen LogP contribution in [0.5, 0.6) is 0 Å². The van der Waals surface area contributed by atoms with Crippen molar-refractivity contribution in [3.8, 4) is 0 Å². The van der Waals surface area contributed by atoms with E-state index >= 15 is 0 Å². The molecule has 2 rings (SSSR count). The molecule has 0 aromatic carbocycles. The van der Waals surface area contributed by atoms with Gasteiger partial charge in [0.25, 0.3) is 0 Å². The van der Waals surface area contributed by atoms with E-state index in [2.05, 4.69) is 6.92 Å². The van der Waals surface area contributed by atoms with Gasteiger partial charge in [0.15, 0.2) is 0 Å². The molecule has 104 valence electrons. The molecule has 18 heavy (non-hydrogen) atoms. The van der Waals surface area contributed by atoms with Crippen molar-refractivity contribution in [1.29, 1.82) is 0 Å². The van der Waals surface area contributed by atoms with Crippen molar-refractivity contribution in [2.75, 3.05) is 13.1 Å². The van der Waals surface area contributed by atoms with Gasteiger partial charge in [0.1, 0.15) is 0 Å². The Morgan fingerprint density at radius 3 is 2.72 bits per heavy atom. The minimum Gasteiger partial charge on any atom is -0.336 e. The van der Waals surface area contributed by atoms with Crippen molar-refractivity contribution < 1.29 is 4.79 Å². The van der Waals surface area contributed by atoms with Crippen LogP contribution in [-0.4, -0.2) is 29.4 Å². The number of amides is 1. The molecule has 0 radical (unpaired) electrons. The Kier molecular flexibility index (Phi) is 4.66. The van der Waals surface area contributed by atoms with Gasteiger partial charge in [-0.05, 0) is 38.5 Å². The summed E-state index contributed by atoms with van der Waals surface area (Å²) in [7, 11) is 0. The van der Waals surface area contributed by atoms with Crippen molar-refractivity contribution in [1.82, 2.24) is 4.90 Å². The van der Waals surface area contributed by atoms with E-state index in [1.807, 2.05) is 4.90 Å². The minimum absolute atomic E-state index is 0.0650. The molecule has 2 aliphatic rings. The zero-order chi connectivity index (χ0) is 13.0. The van der Waals surface area contributed by atoms with Gasteiger partial charge in [-0.15, -0.1) is 0 Å². The third kappa shape index (κ3) is 3.05. The van der Waals surface area contributed by atoms with E-state index in [0.717, 1.165) is 38.1 Å². The largest absolute Gasteiger partial charge is 0.336 e. The highest BCUT2D eigenvalue weighted by Gasteiger charge is 2.37. The molecule has 2 fully saturated rings. The molecule has 1 saturated carbocycles. The monoisotopic (exact) mass is 252 g/mol. The average molecular weight is 252 g/mol. The topological polar surface area (TPSA) is 46.3 Å². The third-order valence-electron chi connectivity index (χ3n) is 4.97. The fourth-order valence-corrected chi connectivity index (χ4v) is 3.64. The van der Waals surface area contributed by atoms with Gasteiger partial charge < -0.3 is 10.6 Å². The van der Waals surface area contributed by atoms with Gasteiger partial charge >= 0.3 is 0 Å². The maximum atomic E-state index is 12.3. The molecule has 1 aliphatic heterocycles. The molecule has 2 N–H and O–H groups in total. The second-order valence-electron chi connectivity index (χ2n) is 6.39. The summed E-state index contributed by atoms with van der Waals surface area (Å²) in [4.78, 5) is 14.3. The number of nitrogens with two attached hydrogens (primary N) is 1. The maximum absolute atomic E-state index is 12.3. The van der Waals surface area contributed by atoms with Gasteiger partial charge in [-0.2, -0.15) is 0 Å². The van der Waals surface area contributed by atoms with Gasteiger partial charge in [-0.25, -0.2) is 0 Å². The van der Waals surface area contributed by atoms with Crippen molar-refractivity contribution >= 4 is 5.91 Å². The van der Waals surface area contributed by atoms with E-state index in [9.17, 15) is 4.79 Å². The quantitative estimate of drug-likeness (QED) is 0.817. The number of hydrogen-bond acceptors (Lipinski definition) is 2. The Hall–Kier alpha value is -0.570. The first-order valence-electron chi connectivity index (χ1n) is 7.66. The van der Waals surface area contributed by atoms with Crippen LogP contribution in [0.25, 0.3) is 0 Å². The van der Waals surface area contributed by atoms with Crippen LogP contribution in [0, 0.1) is 5.92 Å². The number of nitrogens with zero attached hydrogens (tertiary/aromatic N) is 1. The lowest BCUT2D eigenvalue weighted by atomic mass is 9.97. The number of carbonyl (C=O) groups excluding carboxylic acids is 1. The predicted molar refractivity (Wildman–Crippen MR) is 74.2 cm³/mol. The Balaban J connectivity index is 1.73. The molecule has 3 nitrogen and oxygen atoms in total. The van der Waals surface area contributed by atoms with Crippen LogP contribution in [0.4, 0.5) is 0 Å². The van der Waals surface area contributed by atoms with Crippen LogP contribution in [0.3, 0.4) is 0 Å². The van der Waals surface area contributed by atoms with Crippen molar-refractivity contribution in [2.45, 2.75) is 70.3 Å². The molecular formula is C15H28N2O. The molecule has 3 heteroatoms. The van der Waals surface area contributed by atoms with Crippen molar-refractivity contribution in [3.05, 3.63) is 0 Å². The van der Waals surface area contributed by atoms with Crippen LogP contribution in [0.15, 0.2) is 0 Å². The van der Waals surface area contributed by atoms with Crippen LogP contribution in [0.1, 0.15) is 64.7 Å². The summed E-state index contributed by atoms with van der Waals surface area (Å²) >= 11 is 0. The van der Waals surface area contributed by atoms with E-state index in [1.165, 1.54) is 32.1 Å². The molecule has 1 heterocycles. The molecule has 0 aromatic heterocycles. The molecule has 1 saturated heterocycles. The van der Waals surface area contributed by atoms with Gasteiger partial charge in [-0.1, -0.05) is 25.7 Å². The maximum Gasteiger partial charge on any atom is 0.223 e. The molecule has 1 unspecified atom stereocenters. The highest BCUT2D eigenvalue weighted by atomic mass is 16.2. The standard InChI is InChI=1S/C15H28N2O/c1-15(12-16)10-5-11-17(15)14(18)9-4-8-13-6-2-3-7-13/h13H,2-12,16H2,1H3. The van der Waals surface area contributed by atoms with Gasteiger partial charge in [0, 0.05) is 19.5 Å². The summed E-state index contributed by atoms with van der Waals surface area (Å²) in [6.07, 6.45) is 10.8. The number of likely N-dealkylation sites (tertiary alicyclic amines) is 1. The van der Waals surface area contributed by atoms with E-state index in [0.29, 0.717) is 12.5 Å². The number of rotatable bonds is 5. The Morgan fingerprint density at radius 2 is 2.06 bits per heavy atom. The van der Waals surface area contributed by atoms with Crippen LogP contribution < -0.4 is 5.73 Å². The highest BCUT2D eigenvalue weighted by Crippen LogP contribution is 2.31. The second kappa shape index (κ2) is 6.05. The van der Waals surface area contributed by atoms with Crippen LogP contribution >= 0.6 is 0 Å². The normalized spacial score (nSPS) is 29.1. The first-order valence-corrected chi connectivity index (χ1v) is 7.66. The summed E-state index contributed by atoms with van der Waals surface area (Å²) < 4.78 is 0. The fraction of sp³-hybridized carbons (Fsp3) is 0.933. The zero-order valence-electron chi connectivity index (χ0n) is 11.8. The third-order valence-corrected chi connectivity index (χ3v) is 4.97. The predicted octanol–water partition coefficient (Wildman–Crippen LogP) is 2.69. The molecule has 0 aromatic rings. The molecule has 1 aliphatic carbocycles. The lowest BCUT2D eigenvalue weighted by Crippen LogP contribution is -2.49. The lowest BCUT2D eigenvalue weighted by molar-refractivity contribution is -0.134. The fourth-order valence-electron chi connectivity index (χ4n) is 3.64. The van der Waals surface area contributed by atoms with Gasteiger partial charge in [-0.3, -0.25) is 4.79 Å². The first-order chi connectivity index (χ1) is 8.65. The summed E-state index contributed by atoms with van der Waals surface area (Å²) in [5, 5.41) is 0. The van der Waals surface area contributed by atoms with Crippen molar-refractivity contribution in [3.63, 3.8) is 0 Å². The zero-order valence-corrected chi connectivity index (χ0v) is 11.8. The Labute approximate surface area is 111 Å². The van der Waals surface area contributed by atoms with E-state index in [4.69, 9.17) is 5.73 Å². The smallest absolute Gasteiger partial charge is 0.223 e. The second-order valence-corrected chi connectivity index (χ2v) is 6.39. The van der Waals surface area contributed by atoms with E-state index in [-0.39, 0.29) is 5.54 Å². The summed E-state index contributed by atoms with van der Waals surface area (Å²) in [5.74, 6) is 1.23. The summed E-state index contributed by atoms with van der Waals surface area (Å²) in [6, 6.07) is 0. The van der Waals surface area contributed by atoms with Crippen LogP contribution in [0.2, 0.25) is 0 Å². The highest BCUT2D eigenvalue weighted by molar-refractivity contribution is 5.77. The first kappa shape index (κ1) is 13.9. The van der Waals surface area contributed by atoms with Crippen molar-refractivity contribution in [2.24, 2.45) is 11.7 Å². The molecule has 1 amide bonds. The number of hydrogen-bond donors (Lipinski definition) is 1. The molecular weight excluding hydrogens is 224 g/mol. The van der Waals surface area contributed by atoms with E-state index < -0.39 is 0 Å². The molecule has 0 bridgehead atoms. The minimum atomic E-state index is -0.0650. The van der Waals surface area contributed by atoms with Crippen LogP contribution in [-0.2, 0) is 4.79 Å². The lowest BCUT2D eigenvalue weighted by Gasteiger charge is -2.34. The van der Waals surface area contributed by atoms with Gasteiger partial charge in [0.2, 0.25) is 5.91 Å². The summed E-state index contributed by atoms with van der Waals surface area (Å²) in [6.45, 7) is 3.65. The number of carbonyl (C=O) groups is 1. The van der Waals surface area contributed by atoms with Gasteiger partial charge in [0.05, 0.1) is 5.54 Å². The summed E-state index contributed by atoms with van der Waals surface area (Å²) in [5.41, 5.74) is 5.77. The Bertz CT molecular complexity index is 286. The molecule has 0 spiro atoms. The average Bonchev–Trinajstić information content (AvgIpc) is 2.99. The Morgan fingerprint density at radius 1 is 1.33 bits per heavy atom.